The molecule has 11 heavy (non-hydrogen) atoms. The van der Waals surface area contributed by atoms with Gasteiger partial charge in [-0.25, -0.2) is 0 Å². The Bertz CT molecular complexity index is 172. The van der Waals surface area contributed by atoms with Crippen LogP contribution in [0, 0.1) is 5.92 Å². The van der Waals surface area contributed by atoms with Crippen molar-refractivity contribution in [2.24, 2.45) is 5.92 Å². The predicted octanol–water partition coefficient (Wildman–Crippen LogP) is 1.29. The fraction of sp³-hybridized carbons (Fsp3) is 0.667. The Morgan fingerprint density at radius 3 is 2.82 bits per heavy atom. The number of aliphatic hydroxyl groups is 1. The summed E-state index contributed by atoms with van der Waals surface area (Å²) in [6.45, 7) is 2.08. The molecule has 0 bridgehead atoms. The lowest BCUT2D eigenvalue weighted by Crippen LogP contribution is -2.19. The van der Waals surface area contributed by atoms with E-state index in [9.17, 15) is 9.90 Å². The molecule has 0 saturated heterocycles. The summed E-state index contributed by atoms with van der Waals surface area (Å²) in [5.41, 5.74) is 0. The van der Waals surface area contributed by atoms with Gasteiger partial charge in [0, 0.05) is 0 Å². The van der Waals surface area contributed by atoms with Crippen LogP contribution in [-0.2, 0) is 4.79 Å². The van der Waals surface area contributed by atoms with Crippen LogP contribution in [0.5, 0.6) is 0 Å². The number of carbonyl (C=O) groups is 1. The number of unbranched alkanes of at least 4 members (excludes halogenated alkanes) is 1. The normalized spacial score (nSPS) is 29.8. The number of rotatable bonds is 3. The molecule has 2 heteroatoms. The van der Waals surface area contributed by atoms with Crippen LogP contribution in [0.2, 0.25) is 0 Å². The van der Waals surface area contributed by atoms with Gasteiger partial charge in [-0.05, 0) is 12.5 Å². The Hall–Kier alpha value is -0.630. The van der Waals surface area contributed by atoms with Crippen molar-refractivity contribution < 1.29 is 9.90 Å². The van der Waals surface area contributed by atoms with E-state index < -0.39 is 6.10 Å². The highest BCUT2D eigenvalue weighted by Crippen LogP contribution is 2.20. The lowest BCUT2D eigenvalue weighted by molar-refractivity contribution is -0.119. The molecule has 2 atom stereocenters. The molecular weight excluding hydrogens is 140 g/mol. The Labute approximate surface area is 66.9 Å². The van der Waals surface area contributed by atoms with E-state index in [0.29, 0.717) is 0 Å². The molecule has 0 amide bonds. The Morgan fingerprint density at radius 2 is 2.36 bits per heavy atom. The highest BCUT2D eigenvalue weighted by molar-refractivity contribution is 5.94. The van der Waals surface area contributed by atoms with Gasteiger partial charge in [-0.1, -0.05) is 25.8 Å². The Balaban J connectivity index is 2.39. The SMILES string of the molecule is CCCCC1C(=O)C=CC1O. The highest BCUT2D eigenvalue weighted by Gasteiger charge is 2.27. The van der Waals surface area contributed by atoms with Crippen molar-refractivity contribution in [1.29, 1.82) is 0 Å². The van der Waals surface area contributed by atoms with Crippen LogP contribution in [-0.4, -0.2) is 17.0 Å². The molecule has 0 aromatic carbocycles. The first-order chi connectivity index (χ1) is 5.25. The molecule has 2 nitrogen and oxygen atoms in total. The smallest absolute Gasteiger partial charge is 0.161 e. The van der Waals surface area contributed by atoms with E-state index in [4.69, 9.17) is 0 Å². The number of hydrogen-bond donors (Lipinski definition) is 1. The lowest BCUT2D eigenvalue weighted by Gasteiger charge is -2.11. The molecule has 0 spiro atoms. The van der Waals surface area contributed by atoms with Gasteiger partial charge in [0.2, 0.25) is 0 Å². The lowest BCUT2D eigenvalue weighted by atomic mass is 9.97. The second-order valence-corrected chi connectivity index (χ2v) is 3.00. The van der Waals surface area contributed by atoms with Gasteiger partial charge in [0.05, 0.1) is 12.0 Å². The van der Waals surface area contributed by atoms with E-state index in [1.807, 2.05) is 0 Å². The van der Waals surface area contributed by atoms with Crippen molar-refractivity contribution in [1.82, 2.24) is 0 Å². The molecule has 0 heterocycles. The van der Waals surface area contributed by atoms with Gasteiger partial charge in [-0.15, -0.1) is 0 Å². The van der Waals surface area contributed by atoms with Crippen molar-refractivity contribution in [3.8, 4) is 0 Å². The minimum absolute atomic E-state index is 0.0888. The summed E-state index contributed by atoms with van der Waals surface area (Å²) in [6.07, 6.45) is 5.48. The number of aliphatic hydroxyl groups excluding tert-OH is 1. The summed E-state index contributed by atoms with van der Waals surface area (Å²) < 4.78 is 0. The molecule has 0 aromatic rings. The largest absolute Gasteiger partial charge is 0.388 e. The molecule has 0 saturated carbocycles. The molecule has 1 rings (SSSR count). The predicted molar refractivity (Wildman–Crippen MR) is 43.2 cm³/mol. The van der Waals surface area contributed by atoms with E-state index >= 15 is 0 Å². The molecule has 0 radical (unpaired) electrons. The second kappa shape index (κ2) is 3.67. The molecular formula is C9H14O2. The minimum atomic E-state index is -0.519. The number of carbonyl (C=O) groups excluding carboxylic acids is 1. The van der Waals surface area contributed by atoms with Crippen LogP contribution in [0.15, 0.2) is 12.2 Å². The summed E-state index contributed by atoms with van der Waals surface area (Å²) in [5.74, 6) is -0.0547. The second-order valence-electron chi connectivity index (χ2n) is 3.00. The quantitative estimate of drug-likeness (QED) is 0.665. The Morgan fingerprint density at radius 1 is 1.64 bits per heavy atom. The third-order valence-corrected chi connectivity index (χ3v) is 2.10. The molecule has 0 fully saturated rings. The zero-order chi connectivity index (χ0) is 8.27. The van der Waals surface area contributed by atoms with E-state index in [1.165, 1.54) is 6.08 Å². The minimum Gasteiger partial charge on any atom is -0.388 e. The van der Waals surface area contributed by atoms with Crippen LogP contribution in [0.25, 0.3) is 0 Å². The molecule has 2 unspecified atom stereocenters. The number of hydrogen-bond acceptors (Lipinski definition) is 2. The van der Waals surface area contributed by atoms with Crippen LogP contribution in [0.1, 0.15) is 26.2 Å². The molecule has 0 aliphatic heterocycles. The molecule has 0 aromatic heterocycles. The van der Waals surface area contributed by atoms with Crippen molar-refractivity contribution >= 4 is 5.78 Å². The van der Waals surface area contributed by atoms with Crippen LogP contribution in [0.4, 0.5) is 0 Å². The third-order valence-electron chi connectivity index (χ3n) is 2.10. The van der Waals surface area contributed by atoms with Gasteiger partial charge in [-0.3, -0.25) is 4.79 Å². The third kappa shape index (κ3) is 1.90. The van der Waals surface area contributed by atoms with Crippen molar-refractivity contribution in [2.75, 3.05) is 0 Å². The van der Waals surface area contributed by atoms with E-state index in [2.05, 4.69) is 6.92 Å². The Kier molecular flexibility index (Phi) is 2.83. The standard InChI is InChI=1S/C9H14O2/c1-2-3-4-7-8(10)5-6-9(7)11/h5-8,10H,2-4H2,1H3. The fourth-order valence-electron chi connectivity index (χ4n) is 1.36. The molecule has 1 aliphatic rings. The van der Waals surface area contributed by atoms with Crippen molar-refractivity contribution in [2.45, 2.75) is 32.3 Å². The fourth-order valence-corrected chi connectivity index (χ4v) is 1.36. The maximum absolute atomic E-state index is 11.0. The molecule has 62 valence electrons. The summed E-state index contributed by atoms with van der Waals surface area (Å²) in [7, 11) is 0. The topological polar surface area (TPSA) is 37.3 Å². The van der Waals surface area contributed by atoms with Gasteiger partial charge >= 0.3 is 0 Å². The summed E-state index contributed by atoms with van der Waals surface area (Å²) in [6, 6.07) is 0. The first kappa shape index (κ1) is 8.47. The van der Waals surface area contributed by atoms with Crippen LogP contribution < -0.4 is 0 Å². The van der Waals surface area contributed by atoms with E-state index in [1.54, 1.807) is 6.08 Å². The van der Waals surface area contributed by atoms with Gasteiger partial charge in [-0.2, -0.15) is 0 Å². The van der Waals surface area contributed by atoms with Gasteiger partial charge in [0.25, 0.3) is 0 Å². The zero-order valence-corrected chi connectivity index (χ0v) is 6.79. The summed E-state index contributed by atoms with van der Waals surface area (Å²) in [5, 5.41) is 9.28. The highest BCUT2D eigenvalue weighted by atomic mass is 16.3. The number of ketones is 1. The summed E-state index contributed by atoms with van der Waals surface area (Å²) in [4.78, 5) is 11.0. The van der Waals surface area contributed by atoms with Crippen molar-refractivity contribution in [3.63, 3.8) is 0 Å². The van der Waals surface area contributed by atoms with E-state index in [0.717, 1.165) is 19.3 Å². The first-order valence-corrected chi connectivity index (χ1v) is 4.16. The maximum Gasteiger partial charge on any atom is 0.161 e. The van der Waals surface area contributed by atoms with Crippen LogP contribution >= 0.6 is 0 Å². The average molecular weight is 154 g/mol. The van der Waals surface area contributed by atoms with Gasteiger partial charge < -0.3 is 5.11 Å². The van der Waals surface area contributed by atoms with E-state index in [-0.39, 0.29) is 11.7 Å². The van der Waals surface area contributed by atoms with Gasteiger partial charge in [0.15, 0.2) is 5.78 Å². The maximum atomic E-state index is 11.0. The monoisotopic (exact) mass is 154 g/mol. The van der Waals surface area contributed by atoms with Crippen molar-refractivity contribution in [3.05, 3.63) is 12.2 Å². The van der Waals surface area contributed by atoms with Gasteiger partial charge in [0.1, 0.15) is 0 Å². The average Bonchev–Trinajstić information content (AvgIpc) is 2.29. The number of allylic oxidation sites excluding steroid dienone is 1. The molecule has 1 aliphatic carbocycles. The summed E-state index contributed by atoms with van der Waals surface area (Å²) >= 11 is 0. The van der Waals surface area contributed by atoms with Crippen LogP contribution in [0.3, 0.4) is 0 Å². The zero-order valence-electron chi connectivity index (χ0n) is 6.79. The molecule has 1 N–H and O–H groups in total. The first-order valence-electron chi connectivity index (χ1n) is 4.16.